The Balaban J connectivity index is 0.868. The van der Waals surface area contributed by atoms with Crippen LogP contribution in [0.15, 0.2) is 29.6 Å². The number of carbonyl (C=O) groups is 6. The average Bonchev–Trinajstić information content (AvgIpc) is 3.82. The second-order valence-corrected chi connectivity index (χ2v) is 18.4. The number of imide groups is 2. The van der Waals surface area contributed by atoms with Crippen LogP contribution < -0.4 is 25.2 Å². The molecule has 62 heavy (non-hydrogen) atoms. The van der Waals surface area contributed by atoms with Crippen molar-refractivity contribution >= 4 is 57.6 Å². The Kier molecular flexibility index (Phi) is 12.9. The first-order chi connectivity index (χ1) is 29.4. The second-order valence-electron chi connectivity index (χ2n) is 17.6. The molecule has 4 aliphatic rings. The van der Waals surface area contributed by atoms with Gasteiger partial charge in [-0.3, -0.25) is 39.0 Å². The van der Waals surface area contributed by atoms with E-state index < -0.39 is 76.2 Å². The first kappa shape index (κ1) is 44.5. The number of piperazine rings is 1. The van der Waals surface area contributed by atoms with E-state index in [1.807, 2.05) is 27.7 Å². The van der Waals surface area contributed by atoms with Crippen molar-refractivity contribution in [1.82, 2.24) is 25.4 Å². The third-order valence-electron chi connectivity index (χ3n) is 11.8. The lowest BCUT2D eigenvalue weighted by atomic mass is 9.77. The zero-order chi connectivity index (χ0) is 44.5. The lowest BCUT2D eigenvalue weighted by molar-refractivity contribution is -0.136. The monoisotopic (exact) mass is 881 g/mol. The summed E-state index contributed by atoms with van der Waals surface area (Å²) in [6.45, 7) is 11.3. The average molecular weight is 882 g/mol. The Bertz CT molecular complexity index is 2270. The van der Waals surface area contributed by atoms with Gasteiger partial charge >= 0.3 is 0 Å². The molecule has 19 heteroatoms. The van der Waals surface area contributed by atoms with E-state index in [2.05, 4.69) is 20.5 Å². The number of carbonyl (C=O) groups excluding carboxylic acids is 6. The summed E-state index contributed by atoms with van der Waals surface area (Å²) in [5.41, 5.74) is -0.213. The number of halogens is 3. The summed E-state index contributed by atoms with van der Waals surface area (Å²) < 4.78 is 55.8. The van der Waals surface area contributed by atoms with Gasteiger partial charge in [0.15, 0.2) is 23.3 Å². The van der Waals surface area contributed by atoms with E-state index in [0.717, 1.165) is 22.2 Å². The van der Waals surface area contributed by atoms with Gasteiger partial charge in [0.05, 0.1) is 35.7 Å². The molecule has 1 aromatic heterocycles. The highest BCUT2D eigenvalue weighted by atomic mass is 32.1. The molecule has 3 aromatic rings. The Morgan fingerprint density at radius 3 is 2.26 bits per heavy atom. The predicted octanol–water partition coefficient (Wildman–Crippen LogP) is 4.53. The van der Waals surface area contributed by atoms with Crippen LogP contribution in [0.5, 0.6) is 5.75 Å². The van der Waals surface area contributed by atoms with Crippen molar-refractivity contribution in [1.29, 1.82) is 0 Å². The van der Waals surface area contributed by atoms with Gasteiger partial charge in [0.25, 0.3) is 17.7 Å². The minimum Gasteiger partial charge on any atom is -0.480 e. The van der Waals surface area contributed by atoms with Crippen molar-refractivity contribution < 1.29 is 51.4 Å². The fraction of sp³-hybridized carbons (Fsp3) is 0.512. The molecule has 0 spiro atoms. The van der Waals surface area contributed by atoms with Gasteiger partial charge in [-0.15, -0.1) is 11.3 Å². The van der Waals surface area contributed by atoms with E-state index in [0.29, 0.717) is 57.9 Å². The maximum atomic E-state index is 15.5. The predicted molar refractivity (Wildman–Crippen MR) is 222 cm³/mol. The van der Waals surface area contributed by atoms with E-state index in [4.69, 9.17) is 9.47 Å². The van der Waals surface area contributed by atoms with E-state index >= 15 is 8.78 Å². The van der Waals surface area contributed by atoms with Crippen LogP contribution in [0.25, 0.3) is 11.3 Å². The number of fused-ring (bicyclic) bond motifs is 1. The maximum absolute atomic E-state index is 15.5. The summed E-state index contributed by atoms with van der Waals surface area (Å²) in [5.74, 6) is -6.75. The molecule has 3 fully saturated rings. The number of nitrogens with one attached hydrogen (secondary N) is 2. The fourth-order valence-corrected chi connectivity index (χ4v) is 8.86. The summed E-state index contributed by atoms with van der Waals surface area (Å²) >= 11 is 1.37. The van der Waals surface area contributed by atoms with Gasteiger partial charge in [-0.25, -0.2) is 13.8 Å². The SMILES string of the molecule is CC(C)(CCC(C)(C)CC(=O)N1CCN(c2cc3c(cc2F)C(=O)N(C2CCC(=O)NC2=O)C3=O)CC1)CNC(=O)COc1c(-c2csc(N3CCOCC3)n2)ccc(F)c1F. The van der Waals surface area contributed by atoms with Crippen molar-refractivity contribution in [3.8, 4) is 17.0 Å². The molecular formula is C43H50F3N7O8S. The number of amides is 6. The number of hydrogen-bond acceptors (Lipinski definition) is 12. The molecule has 15 nitrogen and oxygen atoms in total. The quantitative estimate of drug-likeness (QED) is 0.218. The van der Waals surface area contributed by atoms with Gasteiger partial charge in [0.1, 0.15) is 11.9 Å². The van der Waals surface area contributed by atoms with Crippen LogP contribution in [-0.2, 0) is 23.9 Å². The number of piperidine rings is 1. The molecule has 0 bridgehead atoms. The van der Waals surface area contributed by atoms with E-state index in [9.17, 15) is 33.2 Å². The van der Waals surface area contributed by atoms with Gasteiger partial charge in [0.2, 0.25) is 23.5 Å². The lowest BCUT2D eigenvalue weighted by Crippen LogP contribution is -2.54. The molecule has 2 aromatic carbocycles. The summed E-state index contributed by atoms with van der Waals surface area (Å²) in [7, 11) is 0. The Morgan fingerprint density at radius 1 is 0.887 bits per heavy atom. The van der Waals surface area contributed by atoms with Gasteiger partial charge in [0, 0.05) is 69.6 Å². The van der Waals surface area contributed by atoms with Crippen molar-refractivity contribution in [2.24, 2.45) is 10.8 Å². The molecule has 0 saturated carbocycles. The van der Waals surface area contributed by atoms with Crippen LogP contribution in [0.2, 0.25) is 0 Å². The highest BCUT2D eigenvalue weighted by Gasteiger charge is 2.45. The van der Waals surface area contributed by atoms with Crippen molar-refractivity contribution in [3.63, 3.8) is 0 Å². The number of benzene rings is 2. The van der Waals surface area contributed by atoms with Crippen LogP contribution in [0, 0.1) is 28.3 Å². The highest BCUT2D eigenvalue weighted by Crippen LogP contribution is 2.38. The lowest BCUT2D eigenvalue weighted by Gasteiger charge is -2.38. The van der Waals surface area contributed by atoms with Crippen molar-refractivity contribution in [3.05, 3.63) is 58.2 Å². The van der Waals surface area contributed by atoms with Crippen molar-refractivity contribution in [2.45, 2.75) is 65.8 Å². The standard InChI is InChI=1S/C43H50F3N7O8S/c1-42(2,9-10-43(3,4)24-47-34(55)22-61-37-25(5-6-28(44)36(37)46)30-23-62-41(48-30)52-15-17-60-18-16-52)21-35(56)51-13-11-50(12-14-51)32-20-27-26(19-29(32)45)39(58)53(40(27)59)31-7-8-33(54)49-38(31)57/h5-6,19-20,23,31H,7-18,21-22,24H2,1-4H3,(H,47,55)(H,49,54,57). The molecule has 6 amide bonds. The second kappa shape index (κ2) is 18.0. The van der Waals surface area contributed by atoms with Crippen LogP contribution >= 0.6 is 11.3 Å². The van der Waals surface area contributed by atoms with Gasteiger partial charge in [-0.1, -0.05) is 27.7 Å². The van der Waals surface area contributed by atoms with Gasteiger partial charge in [-0.2, -0.15) is 4.39 Å². The molecule has 2 N–H and O–H groups in total. The third kappa shape index (κ3) is 9.72. The molecule has 0 aliphatic carbocycles. The first-order valence-electron chi connectivity index (χ1n) is 20.7. The number of aromatic nitrogens is 1. The summed E-state index contributed by atoms with van der Waals surface area (Å²) in [4.78, 5) is 87.8. The summed E-state index contributed by atoms with van der Waals surface area (Å²) in [6, 6.07) is 3.55. The first-order valence-corrected chi connectivity index (χ1v) is 21.5. The molecular weight excluding hydrogens is 832 g/mol. The molecule has 332 valence electrons. The largest absolute Gasteiger partial charge is 0.480 e. The fourth-order valence-electron chi connectivity index (χ4n) is 7.98. The normalized spacial score (nSPS) is 18.6. The maximum Gasteiger partial charge on any atom is 0.262 e. The van der Waals surface area contributed by atoms with E-state index in [-0.39, 0.29) is 67.2 Å². The molecule has 0 radical (unpaired) electrons. The number of nitrogens with zero attached hydrogens (tertiary/aromatic N) is 5. The Hall–Kier alpha value is -5.56. The smallest absolute Gasteiger partial charge is 0.262 e. The van der Waals surface area contributed by atoms with Gasteiger partial charge in [-0.05, 0) is 54.4 Å². The molecule has 1 unspecified atom stereocenters. The molecule has 4 aliphatic heterocycles. The zero-order valence-corrected chi connectivity index (χ0v) is 35.9. The minimum absolute atomic E-state index is 0.0114. The molecule has 1 atom stereocenters. The number of thiazole rings is 1. The number of ether oxygens (including phenoxy) is 2. The van der Waals surface area contributed by atoms with E-state index in [1.54, 1.807) is 15.2 Å². The van der Waals surface area contributed by atoms with Crippen LogP contribution in [-0.4, -0.2) is 122 Å². The number of rotatable bonds is 14. The van der Waals surface area contributed by atoms with Crippen molar-refractivity contribution in [2.75, 3.05) is 75.4 Å². The summed E-state index contributed by atoms with van der Waals surface area (Å²) in [5, 5.41) is 7.44. The highest BCUT2D eigenvalue weighted by molar-refractivity contribution is 7.14. The minimum atomic E-state index is -1.21. The molecule has 5 heterocycles. The molecule has 7 rings (SSSR count). The topological polar surface area (TPSA) is 171 Å². The third-order valence-corrected chi connectivity index (χ3v) is 12.7. The molecule has 3 saturated heterocycles. The Labute approximate surface area is 360 Å². The van der Waals surface area contributed by atoms with Gasteiger partial charge < -0.3 is 29.5 Å². The Morgan fingerprint density at radius 2 is 1.56 bits per heavy atom. The van der Waals surface area contributed by atoms with Crippen LogP contribution in [0.3, 0.4) is 0 Å². The van der Waals surface area contributed by atoms with Crippen LogP contribution in [0.4, 0.5) is 24.0 Å². The number of hydrogen-bond donors (Lipinski definition) is 2. The van der Waals surface area contributed by atoms with Crippen LogP contribution in [0.1, 0.15) is 80.5 Å². The van der Waals surface area contributed by atoms with E-state index in [1.165, 1.54) is 23.5 Å². The summed E-state index contributed by atoms with van der Waals surface area (Å²) in [6.07, 6.45) is 1.51. The zero-order valence-electron chi connectivity index (χ0n) is 35.1. The number of anilines is 2. The number of morpholine rings is 1.